The molecule has 0 unspecified atom stereocenters. The van der Waals surface area contributed by atoms with E-state index >= 15 is 0 Å². The molecule has 0 radical (unpaired) electrons. The number of hydrogen-bond donors (Lipinski definition) is 1. The first-order valence-corrected chi connectivity index (χ1v) is 8.02. The van der Waals surface area contributed by atoms with E-state index in [9.17, 15) is 0 Å². The molecule has 0 fully saturated rings. The molecule has 1 aromatic rings. The summed E-state index contributed by atoms with van der Waals surface area (Å²) < 4.78 is 5.39. The Labute approximate surface area is 121 Å². The van der Waals surface area contributed by atoms with Gasteiger partial charge in [-0.2, -0.15) is 0 Å². The summed E-state index contributed by atoms with van der Waals surface area (Å²) in [6.45, 7) is 10.8. The quantitative estimate of drug-likeness (QED) is 0.671. The maximum atomic E-state index is 5.39. The highest BCUT2D eigenvalue weighted by Gasteiger charge is 2.12. The number of hydrogen-bond acceptors (Lipinski definition) is 5. The Morgan fingerprint density at radius 1 is 1.32 bits per heavy atom. The third kappa shape index (κ3) is 5.47. The summed E-state index contributed by atoms with van der Waals surface area (Å²) in [7, 11) is 2.08. The van der Waals surface area contributed by atoms with Crippen molar-refractivity contribution in [3.63, 3.8) is 0 Å². The van der Waals surface area contributed by atoms with Crippen LogP contribution in [0.3, 0.4) is 0 Å². The molecule has 1 heterocycles. The average molecular weight is 285 g/mol. The van der Waals surface area contributed by atoms with Crippen LogP contribution in [0.4, 0.5) is 5.13 Å². The Kier molecular flexibility index (Phi) is 8.02. The normalized spacial score (nSPS) is 10.9. The molecule has 0 aliphatic carbocycles. The molecule has 1 aromatic heterocycles. The van der Waals surface area contributed by atoms with Gasteiger partial charge in [-0.25, -0.2) is 4.98 Å². The van der Waals surface area contributed by atoms with E-state index < -0.39 is 0 Å². The van der Waals surface area contributed by atoms with Crippen LogP contribution in [-0.4, -0.2) is 38.3 Å². The summed E-state index contributed by atoms with van der Waals surface area (Å²) in [5, 5.41) is 4.56. The molecule has 0 amide bonds. The lowest BCUT2D eigenvalue weighted by atomic mass is 10.3. The second-order valence-electron chi connectivity index (χ2n) is 4.52. The Hall–Kier alpha value is -0.650. The molecule has 0 atom stereocenters. The van der Waals surface area contributed by atoms with Crippen LogP contribution in [0.15, 0.2) is 0 Å². The van der Waals surface area contributed by atoms with Crippen molar-refractivity contribution in [2.24, 2.45) is 0 Å². The maximum absolute atomic E-state index is 5.39. The van der Waals surface area contributed by atoms with Crippen LogP contribution >= 0.6 is 11.3 Å². The van der Waals surface area contributed by atoms with Crippen molar-refractivity contribution in [1.82, 2.24) is 10.3 Å². The van der Waals surface area contributed by atoms with Gasteiger partial charge < -0.3 is 15.0 Å². The number of thiazole rings is 1. The van der Waals surface area contributed by atoms with Crippen molar-refractivity contribution < 1.29 is 4.74 Å². The minimum absolute atomic E-state index is 0.761. The van der Waals surface area contributed by atoms with Gasteiger partial charge in [0.05, 0.1) is 12.3 Å². The summed E-state index contributed by atoms with van der Waals surface area (Å²) in [6.07, 6.45) is 2.17. The lowest BCUT2D eigenvalue weighted by Crippen LogP contribution is -2.22. The van der Waals surface area contributed by atoms with Crippen LogP contribution in [0.5, 0.6) is 0 Å². The molecule has 4 nitrogen and oxygen atoms in total. The standard InChI is InChI=1S/C14H27N3OS/c1-5-8-15-11-13-12(6-2)16-14(19-13)17(4)9-10-18-7-3/h15H,5-11H2,1-4H3. The van der Waals surface area contributed by atoms with Gasteiger partial charge in [0.25, 0.3) is 0 Å². The van der Waals surface area contributed by atoms with E-state index in [1.54, 1.807) is 11.3 Å². The van der Waals surface area contributed by atoms with Crippen LogP contribution in [-0.2, 0) is 17.7 Å². The van der Waals surface area contributed by atoms with E-state index in [4.69, 9.17) is 9.72 Å². The average Bonchev–Trinajstić information content (AvgIpc) is 2.82. The first kappa shape index (κ1) is 16.4. The fraction of sp³-hybridized carbons (Fsp3) is 0.786. The van der Waals surface area contributed by atoms with Crippen LogP contribution in [0.1, 0.15) is 37.8 Å². The minimum Gasteiger partial charge on any atom is -0.380 e. The van der Waals surface area contributed by atoms with Crippen LogP contribution < -0.4 is 10.2 Å². The van der Waals surface area contributed by atoms with Crippen molar-refractivity contribution in [3.05, 3.63) is 10.6 Å². The maximum Gasteiger partial charge on any atom is 0.185 e. The summed E-state index contributed by atoms with van der Waals surface area (Å²) in [5.41, 5.74) is 1.23. The molecular weight excluding hydrogens is 258 g/mol. The number of nitrogens with zero attached hydrogens (tertiary/aromatic N) is 2. The van der Waals surface area contributed by atoms with Gasteiger partial charge in [-0.1, -0.05) is 13.8 Å². The Morgan fingerprint density at radius 3 is 2.74 bits per heavy atom. The van der Waals surface area contributed by atoms with Crippen molar-refractivity contribution in [2.75, 3.05) is 38.3 Å². The zero-order valence-corrected chi connectivity index (χ0v) is 13.5. The number of ether oxygens (including phenoxy) is 1. The van der Waals surface area contributed by atoms with Crippen molar-refractivity contribution in [1.29, 1.82) is 0 Å². The SMILES string of the molecule is CCCNCc1sc(N(C)CCOCC)nc1CC. The smallest absolute Gasteiger partial charge is 0.185 e. The Morgan fingerprint density at radius 2 is 2.11 bits per heavy atom. The predicted octanol–water partition coefficient (Wildman–Crippen LogP) is 2.68. The first-order valence-electron chi connectivity index (χ1n) is 7.21. The highest BCUT2D eigenvalue weighted by atomic mass is 32.1. The predicted molar refractivity (Wildman–Crippen MR) is 83.3 cm³/mol. The Bertz CT molecular complexity index is 354. The summed E-state index contributed by atoms with van der Waals surface area (Å²) in [4.78, 5) is 8.29. The molecule has 0 aliphatic heterocycles. The molecule has 110 valence electrons. The van der Waals surface area contributed by atoms with Gasteiger partial charge in [0.15, 0.2) is 5.13 Å². The fourth-order valence-electron chi connectivity index (χ4n) is 1.77. The third-order valence-electron chi connectivity index (χ3n) is 2.92. The van der Waals surface area contributed by atoms with Gasteiger partial charge in [-0.15, -0.1) is 11.3 Å². The topological polar surface area (TPSA) is 37.4 Å². The van der Waals surface area contributed by atoms with Gasteiger partial charge in [0.1, 0.15) is 0 Å². The molecule has 0 saturated heterocycles. The van der Waals surface area contributed by atoms with Gasteiger partial charge in [0, 0.05) is 31.6 Å². The fourth-order valence-corrected chi connectivity index (χ4v) is 2.87. The Balaban J connectivity index is 2.58. The minimum atomic E-state index is 0.761. The number of likely N-dealkylation sites (N-methyl/N-ethyl adjacent to an activating group) is 1. The van der Waals surface area contributed by atoms with Gasteiger partial charge in [0.2, 0.25) is 0 Å². The van der Waals surface area contributed by atoms with Gasteiger partial charge in [-0.3, -0.25) is 0 Å². The van der Waals surface area contributed by atoms with E-state index in [1.165, 1.54) is 17.0 Å². The highest BCUT2D eigenvalue weighted by Crippen LogP contribution is 2.26. The molecule has 0 saturated carbocycles. The summed E-state index contributed by atoms with van der Waals surface area (Å²) in [5.74, 6) is 0. The van der Waals surface area contributed by atoms with Gasteiger partial charge in [-0.05, 0) is 26.3 Å². The van der Waals surface area contributed by atoms with E-state index in [0.29, 0.717) is 0 Å². The zero-order chi connectivity index (χ0) is 14.1. The number of anilines is 1. The van der Waals surface area contributed by atoms with Crippen molar-refractivity contribution in [2.45, 2.75) is 40.2 Å². The lowest BCUT2D eigenvalue weighted by molar-refractivity contribution is 0.154. The number of nitrogens with one attached hydrogen (secondary N) is 1. The van der Waals surface area contributed by atoms with Crippen LogP contribution in [0, 0.1) is 0 Å². The second-order valence-corrected chi connectivity index (χ2v) is 5.58. The molecule has 0 aromatic carbocycles. The van der Waals surface area contributed by atoms with Crippen LogP contribution in [0.2, 0.25) is 0 Å². The summed E-state index contributed by atoms with van der Waals surface area (Å²) in [6, 6.07) is 0. The van der Waals surface area contributed by atoms with Crippen LogP contribution in [0.25, 0.3) is 0 Å². The van der Waals surface area contributed by atoms with E-state index in [1.807, 2.05) is 6.92 Å². The highest BCUT2D eigenvalue weighted by molar-refractivity contribution is 7.15. The summed E-state index contributed by atoms with van der Waals surface area (Å²) >= 11 is 1.80. The molecular formula is C14H27N3OS. The van der Waals surface area contributed by atoms with Crippen molar-refractivity contribution in [3.8, 4) is 0 Å². The molecule has 5 heteroatoms. The van der Waals surface area contributed by atoms with Crippen molar-refractivity contribution >= 4 is 16.5 Å². The van der Waals surface area contributed by atoms with E-state index in [-0.39, 0.29) is 0 Å². The monoisotopic (exact) mass is 285 g/mol. The number of rotatable bonds is 10. The third-order valence-corrected chi connectivity index (χ3v) is 4.13. The molecule has 19 heavy (non-hydrogen) atoms. The number of aromatic nitrogens is 1. The lowest BCUT2D eigenvalue weighted by Gasteiger charge is -2.15. The molecule has 1 rings (SSSR count). The largest absolute Gasteiger partial charge is 0.380 e. The molecule has 1 N–H and O–H groups in total. The molecule has 0 spiro atoms. The first-order chi connectivity index (χ1) is 9.22. The number of aryl methyl sites for hydroxylation is 1. The molecule has 0 bridgehead atoms. The van der Waals surface area contributed by atoms with Gasteiger partial charge >= 0.3 is 0 Å². The zero-order valence-electron chi connectivity index (χ0n) is 12.7. The second kappa shape index (κ2) is 9.28. The van der Waals surface area contributed by atoms with E-state index in [2.05, 4.69) is 31.1 Å². The molecule has 0 aliphatic rings. The van der Waals surface area contributed by atoms with E-state index in [0.717, 1.165) is 44.4 Å².